The number of furan rings is 1. The Balaban J connectivity index is 1.21. The zero-order chi connectivity index (χ0) is 29.7. The van der Waals surface area contributed by atoms with Crippen LogP contribution in [0.15, 0.2) is 150 Å². The van der Waals surface area contributed by atoms with Crippen molar-refractivity contribution in [3.05, 3.63) is 146 Å². The second kappa shape index (κ2) is 10.2. The minimum absolute atomic E-state index is 0.582. The molecule has 3 heterocycles. The fourth-order valence-corrected chi connectivity index (χ4v) is 6.12. The van der Waals surface area contributed by atoms with Gasteiger partial charge in [0.05, 0.1) is 0 Å². The Hall–Kier alpha value is -6.20. The quantitative estimate of drug-likeness (QED) is 0.209. The van der Waals surface area contributed by atoms with Crippen molar-refractivity contribution < 1.29 is 4.42 Å². The number of benzene rings is 6. The number of hydrogen-bond donors (Lipinski definition) is 0. The molecule has 3 aromatic heterocycles. The van der Waals surface area contributed by atoms with Crippen LogP contribution < -0.4 is 0 Å². The molecule has 0 N–H and O–H groups in total. The predicted molar refractivity (Wildman–Crippen MR) is 182 cm³/mol. The lowest BCUT2D eigenvalue weighted by atomic mass is 10.00. The van der Waals surface area contributed by atoms with Gasteiger partial charge in [0.25, 0.3) is 0 Å². The molecule has 210 valence electrons. The van der Waals surface area contributed by atoms with Crippen LogP contribution in [-0.2, 0) is 0 Å². The SMILES string of the molecule is c1ccc2cc(-c3ccc(-c4nc(-c5ccc6ccccc6c5)nc(-c5cccc6oc7ccncc7c56)n4)cc3)ccc2c1. The minimum Gasteiger partial charge on any atom is -0.456 e. The Morgan fingerprint density at radius 2 is 1.02 bits per heavy atom. The highest BCUT2D eigenvalue weighted by molar-refractivity contribution is 6.11. The van der Waals surface area contributed by atoms with E-state index in [0.29, 0.717) is 17.5 Å². The first kappa shape index (κ1) is 25.3. The summed E-state index contributed by atoms with van der Waals surface area (Å²) in [5, 5.41) is 6.62. The third-order valence-corrected chi connectivity index (χ3v) is 8.41. The molecule has 0 aliphatic heterocycles. The molecule has 9 aromatic rings. The maximum atomic E-state index is 6.16. The molecule has 0 saturated carbocycles. The Kier molecular flexibility index (Phi) is 5.74. The van der Waals surface area contributed by atoms with Gasteiger partial charge < -0.3 is 4.42 Å². The molecule has 0 saturated heterocycles. The van der Waals surface area contributed by atoms with E-state index in [1.54, 1.807) is 6.20 Å². The van der Waals surface area contributed by atoms with Gasteiger partial charge in [-0.2, -0.15) is 0 Å². The first-order valence-corrected chi connectivity index (χ1v) is 14.9. The molecule has 0 fully saturated rings. The summed E-state index contributed by atoms with van der Waals surface area (Å²) in [5.41, 5.74) is 6.56. The summed E-state index contributed by atoms with van der Waals surface area (Å²) in [7, 11) is 0. The van der Waals surface area contributed by atoms with Crippen LogP contribution in [0.25, 0.3) is 88.8 Å². The normalized spacial score (nSPS) is 11.6. The maximum absolute atomic E-state index is 6.16. The average molecular weight is 577 g/mol. The van der Waals surface area contributed by atoms with Gasteiger partial charge in [0.2, 0.25) is 0 Å². The van der Waals surface area contributed by atoms with Crippen LogP contribution in [0.3, 0.4) is 0 Å². The number of rotatable bonds is 4. The maximum Gasteiger partial charge on any atom is 0.164 e. The topological polar surface area (TPSA) is 64.7 Å². The largest absolute Gasteiger partial charge is 0.456 e. The molecule has 0 bridgehead atoms. The third kappa shape index (κ3) is 4.41. The lowest BCUT2D eigenvalue weighted by Crippen LogP contribution is -2.00. The first-order chi connectivity index (χ1) is 22.3. The number of hydrogen-bond acceptors (Lipinski definition) is 5. The summed E-state index contributed by atoms with van der Waals surface area (Å²) in [6, 6.07) is 45.9. The molecule has 6 aromatic carbocycles. The molecule has 0 amide bonds. The minimum atomic E-state index is 0.582. The molecule has 45 heavy (non-hydrogen) atoms. The van der Waals surface area contributed by atoms with E-state index in [0.717, 1.165) is 49.6 Å². The van der Waals surface area contributed by atoms with E-state index in [-0.39, 0.29) is 0 Å². The average Bonchev–Trinajstić information content (AvgIpc) is 3.50. The Bertz CT molecular complexity index is 2550. The number of nitrogens with zero attached hydrogens (tertiary/aromatic N) is 4. The van der Waals surface area contributed by atoms with Crippen molar-refractivity contribution in [1.29, 1.82) is 0 Å². The van der Waals surface area contributed by atoms with Gasteiger partial charge in [-0.25, -0.2) is 15.0 Å². The Morgan fingerprint density at radius 1 is 0.422 bits per heavy atom. The number of fused-ring (bicyclic) bond motifs is 5. The van der Waals surface area contributed by atoms with Gasteiger partial charge in [0.1, 0.15) is 11.2 Å². The smallest absolute Gasteiger partial charge is 0.164 e. The second-order valence-electron chi connectivity index (χ2n) is 11.2. The Morgan fingerprint density at radius 3 is 1.78 bits per heavy atom. The predicted octanol–water partition coefficient (Wildman–Crippen LogP) is 10.1. The van der Waals surface area contributed by atoms with Crippen molar-refractivity contribution in [2.45, 2.75) is 0 Å². The van der Waals surface area contributed by atoms with Crippen LogP contribution >= 0.6 is 0 Å². The van der Waals surface area contributed by atoms with E-state index in [4.69, 9.17) is 19.4 Å². The highest BCUT2D eigenvalue weighted by atomic mass is 16.3. The zero-order valence-electron chi connectivity index (χ0n) is 24.1. The van der Waals surface area contributed by atoms with E-state index < -0.39 is 0 Å². The van der Waals surface area contributed by atoms with E-state index in [1.807, 2.05) is 42.6 Å². The van der Waals surface area contributed by atoms with E-state index in [1.165, 1.54) is 21.7 Å². The third-order valence-electron chi connectivity index (χ3n) is 8.41. The first-order valence-electron chi connectivity index (χ1n) is 14.9. The summed E-state index contributed by atoms with van der Waals surface area (Å²) >= 11 is 0. The summed E-state index contributed by atoms with van der Waals surface area (Å²) in [4.78, 5) is 19.5. The van der Waals surface area contributed by atoms with E-state index >= 15 is 0 Å². The highest BCUT2D eigenvalue weighted by Gasteiger charge is 2.18. The van der Waals surface area contributed by atoms with Crippen LogP contribution in [0.2, 0.25) is 0 Å². The summed E-state index contributed by atoms with van der Waals surface area (Å²) in [6.07, 6.45) is 3.58. The van der Waals surface area contributed by atoms with Crippen molar-refractivity contribution in [2.24, 2.45) is 0 Å². The second-order valence-corrected chi connectivity index (χ2v) is 11.2. The Labute approximate surface area is 258 Å². The molecule has 0 radical (unpaired) electrons. The summed E-state index contributed by atoms with van der Waals surface area (Å²) < 4.78 is 6.16. The van der Waals surface area contributed by atoms with Crippen molar-refractivity contribution in [2.75, 3.05) is 0 Å². The van der Waals surface area contributed by atoms with Crippen molar-refractivity contribution in [1.82, 2.24) is 19.9 Å². The lowest BCUT2D eigenvalue weighted by molar-refractivity contribution is 0.668. The molecule has 0 unspecified atom stereocenters. The fraction of sp³-hybridized carbons (Fsp3) is 0. The molecule has 9 rings (SSSR count). The number of pyridine rings is 1. The fourth-order valence-electron chi connectivity index (χ4n) is 6.12. The van der Waals surface area contributed by atoms with Gasteiger partial charge in [-0.1, -0.05) is 109 Å². The van der Waals surface area contributed by atoms with Gasteiger partial charge in [-0.15, -0.1) is 0 Å². The zero-order valence-corrected chi connectivity index (χ0v) is 24.1. The number of aromatic nitrogens is 4. The van der Waals surface area contributed by atoms with Crippen molar-refractivity contribution >= 4 is 43.5 Å². The molecular formula is C40H24N4O. The molecule has 5 heteroatoms. The lowest BCUT2D eigenvalue weighted by Gasteiger charge is -2.10. The van der Waals surface area contributed by atoms with E-state index in [2.05, 4.69) is 102 Å². The highest BCUT2D eigenvalue weighted by Crippen LogP contribution is 2.36. The summed E-state index contributed by atoms with van der Waals surface area (Å²) in [6.45, 7) is 0. The molecule has 0 aliphatic rings. The van der Waals surface area contributed by atoms with Crippen LogP contribution in [0, 0.1) is 0 Å². The van der Waals surface area contributed by atoms with Crippen LogP contribution in [-0.4, -0.2) is 19.9 Å². The van der Waals surface area contributed by atoms with Gasteiger partial charge in [0.15, 0.2) is 17.5 Å². The molecule has 5 nitrogen and oxygen atoms in total. The van der Waals surface area contributed by atoms with Crippen LogP contribution in [0.4, 0.5) is 0 Å². The molecular weight excluding hydrogens is 552 g/mol. The summed E-state index contributed by atoms with van der Waals surface area (Å²) in [5.74, 6) is 1.80. The van der Waals surface area contributed by atoms with Gasteiger partial charge in [-0.05, 0) is 56.9 Å². The van der Waals surface area contributed by atoms with Gasteiger partial charge >= 0.3 is 0 Å². The standard InChI is InChI=1S/C40H24N4O/c1-3-8-29-22-31(18-14-25(29)6-1)27-12-16-28(17-13-27)38-42-39(32-19-15-26-7-2-4-9-30(26)23-32)44-40(43-38)33-10-5-11-36-37(33)34-24-41-21-20-35(34)45-36/h1-24H. The molecule has 0 spiro atoms. The van der Waals surface area contributed by atoms with Gasteiger partial charge in [-0.3, -0.25) is 4.98 Å². The van der Waals surface area contributed by atoms with E-state index in [9.17, 15) is 0 Å². The molecule has 0 atom stereocenters. The monoisotopic (exact) mass is 576 g/mol. The van der Waals surface area contributed by atoms with Crippen LogP contribution in [0.5, 0.6) is 0 Å². The van der Waals surface area contributed by atoms with Crippen molar-refractivity contribution in [3.8, 4) is 45.3 Å². The van der Waals surface area contributed by atoms with Crippen molar-refractivity contribution in [3.63, 3.8) is 0 Å². The van der Waals surface area contributed by atoms with Crippen LogP contribution in [0.1, 0.15) is 0 Å². The molecule has 0 aliphatic carbocycles. The van der Waals surface area contributed by atoms with Gasteiger partial charge in [0, 0.05) is 39.9 Å².